The highest BCUT2D eigenvalue weighted by Crippen LogP contribution is 2.37. The molecule has 1 unspecified atom stereocenters. The molecule has 9 heteroatoms. The van der Waals surface area contributed by atoms with Crippen LogP contribution >= 0.6 is 12.4 Å². The number of rotatable bonds is 7. The van der Waals surface area contributed by atoms with Gasteiger partial charge in [0.1, 0.15) is 12.2 Å². The highest BCUT2D eigenvalue weighted by Gasteiger charge is 2.52. The van der Waals surface area contributed by atoms with Crippen molar-refractivity contribution in [1.29, 1.82) is 0 Å². The van der Waals surface area contributed by atoms with Gasteiger partial charge < -0.3 is 15.5 Å². The second kappa shape index (κ2) is 10.8. The smallest absolute Gasteiger partial charge is 0.425 e. The lowest BCUT2D eigenvalue weighted by Crippen LogP contribution is -2.56. The van der Waals surface area contributed by atoms with Crippen LogP contribution in [0.25, 0.3) is 0 Å². The number of nitrogens with zero attached hydrogens (tertiary/aromatic N) is 2. The van der Waals surface area contributed by atoms with Gasteiger partial charge in [-0.25, -0.2) is 9.59 Å². The quantitative estimate of drug-likeness (QED) is 0.518. The van der Waals surface area contributed by atoms with Crippen molar-refractivity contribution >= 4 is 36.1 Å². The van der Waals surface area contributed by atoms with Crippen LogP contribution in [0.4, 0.5) is 10.5 Å². The molecular formula is C24H35ClN3O5+. The Hall–Kier alpha value is -2.16. The van der Waals surface area contributed by atoms with Gasteiger partial charge in [-0.15, -0.1) is 12.4 Å². The van der Waals surface area contributed by atoms with Gasteiger partial charge in [0.15, 0.2) is 6.54 Å². The Bertz CT molecular complexity index is 887. The molecule has 0 aromatic heterocycles. The van der Waals surface area contributed by atoms with E-state index in [1.807, 2.05) is 11.0 Å². The summed E-state index contributed by atoms with van der Waals surface area (Å²) in [6.45, 7) is 2.63. The number of aliphatic carboxylic acids is 2. The Morgan fingerprint density at radius 1 is 1.03 bits per heavy atom. The maximum Gasteiger partial charge on any atom is 0.425 e. The number of amides is 2. The molecule has 2 fully saturated rings. The SMILES string of the molecule is Cl.O=C(O)CC[C@H]1CC[C@H](N2CC[N+](CC(=O)O)(c3ccc4c(c3)CCNCC4)C2=O)CC1. The van der Waals surface area contributed by atoms with Crippen molar-refractivity contribution in [3.8, 4) is 0 Å². The molecule has 2 amide bonds. The van der Waals surface area contributed by atoms with Gasteiger partial charge in [0.05, 0.1) is 6.54 Å². The van der Waals surface area contributed by atoms with Gasteiger partial charge in [0.2, 0.25) is 0 Å². The molecule has 8 nitrogen and oxygen atoms in total. The molecule has 0 radical (unpaired) electrons. The van der Waals surface area contributed by atoms with E-state index < -0.39 is 11.9 Å². The van der Waals surface area contributed by atoms with Crippen molar-refractivity contribution in [3.05, 3.63) is 29.3 Å². The average Bonchev–Trinajstić information content (AvgIpc) is 2.94. The number of fused-ring (bicyclic) bond motifs is 1. The first-order valence-corrected chi connectivity index (χ1v) is 11.8. The lowest BCUT2D eigenvalue weighted by molar-refractivity contribution is -0.138. The fourth-order valence-corrected chi connectivity index (χ4v) is 5.76. The summed E-state index contributed by atoms with van der Waals surface area (Å²) in [5.74, 6) is -1.32. The van der Waals surface area contributed by atoms with E-state index in [4.69, 9.17) is 5.11 Å². The number of carbonyl (C=O) groups is 3. The first-order chi connectivity index (χ1) is 15.4. The van der Waals surface area contributed by atoms with E-state index >= 15 is 0 Å². The standard InChI is InChI=1S/C24H33N3O5.ClH/c28-22(29)8-3-17-1-5-20(6-2-17)26-13-14-27(24(26)32,16-23(30)31)21-7-4-18-9-11-25-12-10-19(18)15-21;/h4,7,15,17,20,25H,1-3,5-6,8-14,16H2,(H-,28,29,30,31);1H/p+1/t17-,20-,27?;. The summed E-state index contributed by atoms with van der Waals surface area (Å²) in [5.41, 5.74) is 3.27. The minimum atomic E-state index is -0.964. The molecule has 3 N–H and O–H groups in total. The summed E-state index contributed by atoms with van der Waals surface area (Å²) >= 11 is 0. The molecule has 1 aliphatic carbocycles. The molecule has 182 valence electrons. The minimum absolute atomic E-state index is 0. The number of nitrogens with one attached hydrogen (secondary N) is 1. The number of hydrogen-bond acceptors (Lipinski definition) is 4. The fourth-order valence-electron chi connectivity index (χ4n) is 5.76. The van der Waals surface area contributed by atoms with Gasteiger partial charge in [-0.1, -0.05) is 6.07 Å². The molecule has 3 aliphatic rings. The lowest BCUT2D eigenvalue weighted by atomic mass is 9.83. The number of carboxylic acids is 2. The fraction of sp³-hybridized carbons (Fsp3) is 0.625. The number of carbonyl (C=O) groups excluding carboxylic acids is 1. The predicted octanol–water partition coefficient (Wildman–Crippen LogP) is 3.05. The average molecular weight is 481 g/mol. The maximum absolute atomic E-state index is 13.7. The van der Waals surface area contributed by atoms with E-state index in [9.17, 15) is 19.5 Å². The van der Waals surface area contributed by atoms with Gasteiger partial charge in [-0.2, -0.15) is 4.48 Å². The first-order valence-electron chi connectivity index (χ1n) is 11.8. The summed E-state index contributed by atoms with van der Waals surface area (Å²) in [7, 11) is 0. The van der Waals surface area contributed by atoms with Crippen molar-refractivity contribution < 1.29 is 24.6 Å². The molecule has 0 bridgehead atoms. The van der Waals surface area contributed by atoms with E-state index in [2.05, 4.69) is 17.4 Å². The van der Waals surface area contributed by atoms with Crippen molar-refractivity contribution in [3.63, 3.8) is 0 Å². The topological polar surface area (TPSA) is 107 Å². The Kier molecular flexibility index (Phi) is 8.37. The number of halogens is 1. The van der Waals surface area contributed by atoms with Crippen LogP contribution in [0.15, 0.2) is 18.2 Å². The summed E-state index contributed by atoms with van der Waals surface area (Å²) in [5, 5.41) is 22.0. The third kappa shape index (κ3) is 5.50. The minimum Gasteiger partial charge on any atom is -0.481 e. The largest absolute Gasteiger partial charge is 0.481 e. The van der Waals surface area contributed by atoms with Crippen LogP contribution in [0.2, 0.25) is 0 Å². The summed E-state index contributed by atoms with van der Waals surface area (Å²) in [4.78, 5) is 38.3. The Labute approximate surface area is 200 Å². The number of quaternary nitrogens is 1. The van der Waals surface area contributed by atoms with Gasteiger partial charge in [-0.05, 0) is 81.1 Å². The van der Waals surface area contributed by atoms with Crippen molar-refractivity contribution in [2.45, 2.75) is 57.4 Å². The Morgan fingerprint density at radius 2 is 1.73 bits per heavy atom. The summed E-state index contributed by atoms with van der Waals surface area (Å²) in [6, 6.07) is 6.10. The lowest BCUT2D eigenvalue weighted by Gasteiger charge is -2.35. The predicted molar refractivity (Wildman–Crippen MR) is 128 cm³/mol. The van der Waals surface area contributed by atoms with E-state index in [0.29, 0.717) is 25.4 Å². The van der Waals surface area contributed by atoms with Crippen LogP contribution in [-0.4, -0.2) is 71.8 Å². The van der Waals surface area contributed by atoms with E-state index in [0.717, 1.165) is 57.3 Å². The van der Waals surface area contributed by atoms with Crippen LogP contribution in [0.3, 0.4) is 0 Å². The number of urea groups is 1. The molecule has 33 heavy (non-hydrogen) atoms. The Balaban J connectivity index is 0.00000306. The zero-order valence-corrected chi connectivity index (χ0v) is 19.8. The van der Waals surface area contributed by atoms with Crippen LogP contribution in [0.1, 0.15) is 49.7 Å². The van der Waals surface area contributed by atoms with Gasteiger partial charge in [0, 0.05) is 18.5 Å². The van der Waals surface area contributed by atoms with Crippen LogP contribution in [0, 0.1) is 5.92 Å². The zero-order chi connectivity index (χ0) is 22.7. The van der Waals surface area contributed by atoms with Crippen molar-refractivity contribution in [1.82, 2.24) is 14.7 Å². The van der Waals surface area contributed by atoms with Crippen LogP contribution < -0.4 is 9.80 Å². The number of benzene rings is 1. The highest BCUT2D eigenvalue weighted by atomic mass is 35.5. The van der Waals surface area contributed by atoms with Crippen LogP contribution in [-0.2, 0) is 22.4 Å². The van der Waals surface area contributed by atoms with E-state index in [1.54, 1.807) is 0 Å². The zero-order valence-electron chi connectivity index (χ0n) is 19.0. The van der Waals surface area contributed by atoms with Crippen molar-refractivity contribution in [2.24, 2.45) is 5.92 Å². The molecule has 1 atom stereocenters. The van der Waals surface area contributed by atoms with Crippen LogP contribution in [0.5, 0.6) is 0 Å². The second-order valence-corrected chi connectivity index (χ2v) is 9.53. The maximum atomic E-state index is 13.7. The van der Waals surface area contributed by atoms with Gasteiger partial charge in [0.25, 0.3) is 0 Å². The Morgan fingerprint density at radius 3 is 2.39 bits per heavy atom. The molecule has 1 aromatic carbocycles. The molecular weight excluding hydrogens is 446 g/mol. The van der Waals surface area contributed by atoms with Gasteiger partial charge >= 0.3 is 18.0 Å². The van der Waals surface area contributed by atoms with Gasteiger partial charge in [-0.3, -0.25) is 9.69 Å². The van der Waals surface area contributed by atoms with E-state index in [1.165, 1.54) is 11.1 Å². The van der Waals surface area contributed by atoms with E-state index in [-0.39, 0.29) is 41.9 Å². The number of carboxylic acid groups (broad SMARTS) is 2. The molecule has 1 saturated heterocycles. The monoisotopic (exact) mass is 480 g/mol. The number of hydrogen-bond donors (Lipinski definition) is 3. The molecule has 1 saturated carbocycles. The third-order valence-electron chi connectivity index (χ3n) is 7.59. The molecule has 1 aromatic rings. The molecule has 2 heterocycles. The second-order valence-electron chi connectivity index (χ2n) is 9.53. The molecule has 0 spiro atoms. The molecule has 4 rings (SSSR count). The van der Waals surface area contributed by atoms with Crippen molar-refractivity contribution in [2.75, 3.05) is 32.7 Å². The third-order valence-corrected chi connectivity index (χ3v) is 7.59. The molecule has 2 aliphatic heterocycles. The normalized spacial score (nSPS) is 27.4. The highest BCUT2D eigenvalue weighted by molar-refractivity contribution is 5.93. The summed E-state index contributed by atoms with van der Waals surface area (Å²) < 4.78 is -0.144. The summed E-state index contributed by atoms with van der Waals surface area (Å²) in [6.07, 6.45) is 6.29. The first kappa shape index (κ1) is 25.5.